The number of rotatable bonds is 10. The smallest absolute Gasteiger partial charge is 0.549 e. The van der Waals surface area contributed by atoms with Gasteiger partial charge in [-0.15, -0.1) is 0 Å². The van der Waals surface area contributed by atoms with Crippen molar-refractivity contribution in [1.82, 2.24) is 0 Å². The molecule has 0 aromatic carbocycles. The molecule has 0 rings (SSSR count). The third-order valence-electron chi connectivity index (χ3n) is 4.13. The third kappa shape index (κ3) is 7.61. The first-order chi connectivity index (χ1) is 9.20. The van der Waals surface area contributed by atoms with Crippen LogP contribution in [0.2, 0.25) is 0 Å². The fourth-order valence-electron chi connectivity index (χ4n) is 2.62. The van der Waals surface area contributed by atoms with Crippen LogP contribution >= 0.6 is 0 Å². The maximum atomic E-state index is 11.4. The van der Waals surface area contributed by atoms with E-state index in [4.69, 9.17) is 0 Å². The second-order valence-electron chi connectivity index (χ2n) is 6.60. The van der Waals surface area contributed by atoms with Crippen LogP contribution in [0, 0.1) is 10.8 Å². The van der Waals surface area contributed by atoms with E-state index in [1.54, 1.807) is 20.8 Å². The minimum Gasteiger partial charge on any atom is -0.549 e. The van der Waals surface area contributed by atoms with Gasteiger partial charge in [-0.05, 0) is 11.8 Å². The quantitative estimate of drug-likeness (QED) is 0.232. The predicted octanol–water partition coefficient (Wildman–Crippen LogP) is -4.33. The van der Waals surface area contributed by atoms with Crippen molar-refractivity contribution in [1.29, 1.82) is 0 Å². The molecule has 4 nitrogen and oxygen atoms in total. The van der Waals surface area contributed by atoms with Gasteiger partial charge in [0.05, 0.1) is 17.4 Å². The molecule has 22 heavy (non-hydrogen) atoms. The third-order valence-corrected chi connectivity index (χ3v) is 4.13. The molecular weight excluding hydrogens is 270 g/mol. The maximum absolute atomic E-state index is 11.4. The van der Waals surface area contributed by atoms with E-state index in [1.165, 1.54) is 19.3 Å². The van der Waals surface area contributed by atoms with Crippen LogP contribution in [0.4, 0.5) is 0 Å². The summed E-state index contributed by atoms with van der Waals surface area (Å²) in [5.74, 6) is -3.06. The van der Waals surface area contributed by atoms with Gasteiger partial charge in [-0.2, -0.15) is 0 Å². The Balaban J connectivity index is -0.00000180. The monoisotopic (exact) mass is 298 g/mol. The Labute approximate surface area is 159 Å². The fourth-order valence-corrected chi connectivity index (χ4v) is 2.62. The molecule has 0 spiro atoms. The molecule has 0 N–H and O–H groups in total. The number of unbranched alkanes of at least 4 members (excludes halogenated alkanes) is 6. The van der Waals surface area contributed by atoms with Crippen LogP contribution in [0.15, 0.2) is 0 Å². The van der Waals surface area contributed by atoms with Crippen molar-refractivity contribution in [3.63, 3.8) is 0 Å². The van der Waals surface area contributed by atoms with Crippen LogP contribution < -0.4 is 47.9 Å². The zero-order valence-corrected chi connectivity index (χ0v) is 15.3. The van der Waals surface area contributed by atoms with Gasteiger partial charge in [0.2, 0.25) is 0 Å². The first kappa shape index (κ1) is 27.0. The fraction of sp³-hybridized carbons (Fsp3) is 0.875. The first-order valence-electron chi connectivity index (χ1n) is 7.63. The zero-order valence-electron chi connectivity index (χ0n) is 15.3. The Hall–Kier alpha value is 0.135. The second-order valence-corrected chi connectivity index (χ2v) is 6.60. The summed E-state index contributed by atoms with van der Waals surface area (Å²) in [6.45, 7) is 6.98. The SMILES string of the molecule is CCCCCCCCCC(C(=O)[O-])(C(=O)[O-])C(C)(C)C.[Li+].[Li+]. The molecule has 6 heteroatoms. The molecule has 0 radical (unpaired) electrons. The Morgan fingerprint density at radius 3 is 1.45 bits per heavy atom. The van der Waals surface area contributed by atoms with E-state index in [1.807, 2.05) is 0 Å². The molecule has 118 valence electrons. The van der Waals surface area contributed by atoms with Crippen molar-refractivity contribution in [2.45, 2.75) is 79.1 Å². The van der Waals surface area contributed by atoms with Crippen molar-refractivity contribution in [3.05, 3.63) is 0 Å². The average molecular weight is 298 g/mol. The number of carbonyl (C=O) groups excluding carboxylic acids is 2. The number of hydrogen-bond acceptors (Lipinski definition) is 4. The van der Waals surface area contributed by atoms with Crippen LogP contribution in [0.1, 0.15) is 79.1 Å². The molecule has 0 aliphatic rings. The van der Waals surface area contributed by atoms with Crippen LogP contribution in [-0.4, -0.2) is 11.9 Å². The van der Waals surface area contributed by atoms with Crippen LogP contribution in [0.5, 0.6) is 0 Å². The van der Waals surface area contributed by atoms with Crippen molar-refractivity contribution >= 4 is 11.9 Å². The number of hydrogen-bond donors (Lipinski definition) is 0. The van der Waals surface area contributed by atoms with Gasteiger partial charge in [-0.3, -0.25) is 0 Å². The van der Waals surface area contributed by atoms with Crippen LogP contribution in [0.25, 0.3) is 0 Å². The van der Waals surface area contributed by atoms with E-state index in [-0.39, 0.29) is 44.1 Å². The molecule has 0 unspecified atom stereocenters. The molecule has 0 saturated heterocycles. The molecule has 0 aromatic heterocycles. The summed E-state index contributed by atoms with van der Waals surface area (Å²) in [5, 5.41) is 22.8. The van der Waals surface area contributed by atoms with E-state index < -0.39 is 22.8 Å². The van der Waals surface area contributed by atoms with E-state index in [0.717, 1.165) is 19.3 Å². The predicted molar refractivity (Wildman–Crippen MR) is 74.5 cm³/mol. The van der Waals surface area contributed by atoms with Crippen LogP contribution in [-0.2, 0) is 9.59 Å². The first-order valence-corrected chi connectivity index (χ1v) is 7.63. The minimum atomic E-state index is -1.91. The second kappa shape index (κ2) is 12.5. The standard InChI is InChI=1S/C16H30O4.2Li/c1-5-6-7-8-9-10-11-12-16(13(17)18,14(19)20)15(2,3)4;;/h5-12H2,1-4H3,(H,17,18)(H,19,20);;/q;2*+1/p-2. The zero-order chi connectivity index (χ0) is 15.8. The normalized spacial score (nSPS) is 11.3. The maximum Gasteiger partial charge on any atom is 1.00 e. The van der Waals surface area contributed by atoms with E-state index >= 15 is 0 Å². The Bertz CT molecular complexity index is 311. The van der Waals surface area contributed by atoms with Gasteiger partial charge >= 0.3 is 37.7 Å². The molecule has 0 amide bonds. The summed E-state index contributed by atoms with van der Waals surface area (Å²) in [7, 11) is 0. The van der Waals surface area contributed by atoms with Crippen molar-refractivity contribution in [2.24, 2.45) is 10.8 Å². The minimum absolute atomic E-state index is 0. The van der Waals surface area contributed by atoms with Gasteiger partial charge in [-0.25, -0.2) is 0 Å². The van der Waals surface area contributed by atoms with Gasteiger partial charge < -0.3 is 19.8 Å². The summed E-state index contributed by atoms with van der Waals surface area (Å²) in [4.78, 5) is 22.8. The topological polar surface area (TPSA) is 80.3 Å². The van der Waals surface area contributed by atoms with Gasteiger partial charge in [-0.1, -0.05) is 72.6 Å². The van der Waals surface area contributed by atoms with Gasteiger partial charge in [0, 0.05) is 0 Å². The molecule has 0 heterocycles. The van der Waals surface area contributed by atoms with Gasteiger partial charge in [0.15, 0.2) is 0 Å². The summed E-state index contributed by atoms with van der Waals surface area (Å²) in [6, 6.07) is 0. The van der Waals surface area contributed by atoms with Crippen molar-refractivity contribution in [2.75, 3.05) is 0 Å². The Kier molecular flexibility index (Phi) is 15.4. The molecule has 0 aliphatic carbocycles. The molecule has 0 fully saturated rings. The summed E-state index contributed by atoms with van der Waals surface area (Å²) < 4.78 is 0. The van der Waals surface area contributed by atoms with Gasteiger partial charge in [0.1, 0.15) is 0 Å². The number of carboxylic acids is 2. The summed E-state index contributed by atoms with van der Waals surface area (Å²) in [6.07, 6.45) is 7.21. The van der Waals surface area contributed by atoms with Gasteiger partial charge in [0.25, 0.3) is 0 Å². The largest absolute Gasteiger partial charge is 1.00 e. The van der Waals surface area contributed by atoms with E-state index in [2.05, 4.69) is 6.92 Å². The molecular formula is C16H28Li2O4. The molecule has 0 aliphatic heterocycles. The van der Waals surface area contributed by atoms with E-state index in [0.29, 0.717) is 6.42 Å². The van der Waals surface area contributed by atoms with E-state index in [9.17, 15) is 19.8 Å². The molecule has 0 atom stereocenters. The average Bonchev–Trinajstić information content (AvgIpc) is 2.30. The number of carbonyl (C=O) groups is 2. The summed E-state index contributed by atoms with van der Waals surface area (Å²) >= 11 is 0. The number of carboxylic acid groups (broad SMARTS) is 2. The van der Waals surface area contributed by atoms with Crippen molar-refractivity contribution < 1.29 is 57.5 Å². The number of aliphatic carboxylic acids is 2. The van der Waals surface area contributed by atoms with Crippen LogP contribution in [0.3, 0.4) is 0 Å². The molecule has 0 aromatic rings. The summed E-state index contributed by atoms with van der Waals surface area (Å²) in [5.41, 5.74) is -2.83. The molecule has 0 bridgehead atoms. The Morgan fingerprint density at radius 1 is 0.773 bits per heavy atom. The van der Waals surface area contributed by atoms with Crippen molar-refractivity contribution in [3.8, 4) is 0 Å². The Morgan fingerprint density at radius 2 is 1.14 bits per heavy atom. The molecule has 0 saturated carbocycles.